The summed E-state index contributed by atoms with van der Waals surface area (Å²) < 4.78 is 10.6. The number of Topliss-reactive ketones (excluding diaryl/α,β-unsaturated/α-hetero) is 1. The Bertz CT molecular complexity index is 754. The molecule has 1 aliphatic heterocycles. The third-order valence-corrected chi connectivity index (χ3v) is 5.84. The lowest BCUT2D eigenvalue weighted by Gasteiger charge is -2.28. The molecular formula is C19H21ClO5. The highest BCUT2D eigenvalue weighted by molar-refractivity contribution is 6.30. The number of carbonyl (C=O) groups is 3. The van der Waals surface area contributed by atoms with Crippen molar-refractivity contribution in [3.63, 3.8) is 0 Å². The fourth-order valence-electron chi connectivity index (χ4n) is 4.77. The van der Waals surface area contributed by atoms with Gasteiger partial charge in [-0.25, -0.2) is 0 Å². The zero-order valence-electron chi connectivity index (χ0n) is 14.7. The van der Waals surface area contributed by atoms with E-state index in [1.165, 1.54) is 0 Å². The molecule has 0 spiro atoms. The average molecular weight is 365 g/mol. The van der Waals surface area contributed by atoms with E-state index in [1.54, 1.807) is 45.0 Å². The molecule has 0 amide bonds. The quantitative estimate of drug-likeness (QED) is 0.455. The van der Waals surface area contributed by atoms with Crippen LogP contribution in [0.4, 0.5) is 0 Å². The molecular weight excluding hydrogens is 344 g/mol. The van der Waals surface area contributed by atoms with Gasteiger partial charge in [0.25, 0.3) is 0 Å². The molecule has 1 aromatic rings. The molecule has 0 bridgehead atoms. The number of ketones is 1. The summed E-state index contributed by atoms with van der Waals surface area (Å²) in [7, 11) is 0. The number of fused-ring (bicyclic) bond motifs is 1. The second kappa shape index (κ2) is 5.56. The van der Waals surface area contributed by atoms with E-state index in [0.29, 0.717) is 17.0 Å². The molecule has 1 saturated heterocycles. The molecule has 5 nitrogen and oxygen atoms in total. The van der Waals surface area contributed by atoms with Crippen molar-refractivity contribution >= 4 is 29.3 Å². The fraction of sp³-hybridized carbons (Fsp3) is 0.526. The van der Waals surface area contributed by atoms with Crippen LogP contribution in [-0.4, -0.2) is 29.9 Å². The van der Waals surface area contributed by atoms with Crippen molar-refractivity contribution in [3.05, 3.63) is 34.9 Å². The Balaban J connectivity index is 2.14. The van der Waals surface area contributed by atoms with E-state index in [2.05, 4.69) is 0 Å². The van der Waals surface area contributed by atoms with E-state index in [9.17, 15) is 14.4 Å². The molecule has 3 atom stereocenters. The normalized spacial score (nSPS) is 31.9. The number of ether oxygens (including phenoxy) is 2. The first kappa shape index (κ1) is 17.9. The minimum Gasteiger partial charge on any atom is -0.465 e. The van der Waals surface area contributed by atoms with Crippen molar-refractivity contribution in [2.24, 2.45) is 16.7 Å². The zero-order valence-corrected chi connectivity index (χ0v) is 15.5. The first-order valence-corrected chi connectivity index (χ1v) is 8.79. The van der Waals surface area contributed by atoms with E-state index in [-0.39, 0.29) is 12.4 Å². The van der Waals surface area contributed by atoms with Gasteiger partial charge >= 0.3 is 11.9 Å². The first-order valence-electron chi connectivity index (χ1n) is 8.41. The second-order valence-electron chi connectivity index (χ2n) is 7.12. The molecule has 6 heteroatoms. The number of hydrogen-bond acceptors (Lipinski definition) is 5. The van der Waals surface area contributed by atoms with Crippen LogP contribution >= 0.6 is 11.6 Å². The maximum atomic E-state index is 13.4. The van der Waals surface area contributed by atoms with Gasteiger partial charge in [0.15, 0.2) is 11.2 Å². The summed E-state index contributed by atoms with van der Waals surface area (Å²) in [6.45, 7) is 7.10. The summed E-state index contributed by atoms with van der Waals surface area (Å²) in [4.78, 5) is 38.9. The molecule has 1 aromatic carbocycles. The van der Waals surface area contributed by atoms with Gasteiger partial charge < -0.3 is 9.47 Å². The van der Waals surface area contributed by atoms with Crippen LogP contribution in [0, 0.1) is 16.7 Å². The molecule has 1 saturated carbocycles. The number of esters is 2. The third-order valence-electron chi connectivity index (χ3n) is 5.59. The highest BCUT2D eigenvalue weighted by Crippen LogP contribution is 2.80. The smallest absolute Gasteiger partial charge is 0.325 e. The van der Waals surface area contributed by atoms with Crippen molar-refractivity contribution in [1.29, 1.82) is 0 Å². The Morgan fingerprint density at radius 3 is 2.32 bits per heavy atom. The monoisotopic (exact) mass is 364 g/mol. The van der Waals surface area contributed by atoms with Crippen LogP contribution < -0.4 is 0 Å². The number of hydrogen-bond donors (Lipinski definition) is 0. The van der Waals surface area contributed by atoms with Gasteiger partial charge in [-0.3, -0.25) is 14.4 Å². The topological polar surface area (TPSA) is 69.7 Å². The van der Waals surface area contributed by atoms with Crippen LogP contribution in [0.5, 0.6) is 0 Å². The van der Waals surface area contributed by atoms with E-state index in [1.807, 2.05) is 6.92 Å². The predicted molar refractivity (Wildman–Crippen MR) is 91.2 cm³/mol. The molecule has 2 fully saturated rings. The molecule has 0 aromatic heterocycles. The lowest BCUT2D eigenvalue weighted by atomic mass is 9.81. The van der Waals surface area contributed by atoms with Crippen LogP contribution in [0.3, 0.4) is 0 Å². The van der Waals surface area contributed by atoms with Gasteiger partial charge in [0.2, 0.25) is 0 Å². The van der Waals surface area contributed by atoms with Crippen molar-refractivity contribution in [2.75, 3.05) is 6.61 Å². The summed E-state index contributed by atoms with van der Waals surface area (Å²) in [5, 5.41) is 0.512. The SMILES string of the molecule is CCOC(=O)[C@]12C(=O)OC(C)(C)[C@@H]1[C@]2(CC)C(=O)c1ccc(Cl)cc1. The minimum absolute atomic E-state index is 0.135. The second-order valence-corrected chi connectivity index (χ2v) is 7.55. The highest BCUT2D eigenvalue weighted by atomic mass is 35.5. The number of rotatable bonds is 5. The standard InChI is InChI=1S/C19H21ClO5/c1-5-18(13(21)11-7-9-12(20)10-8-11)14-17(3,4)25-16(23)19(14,18)15(22)24-6-2/h7-10,14H,5-6H2,1-4H3/t14-,18+,19+/m1/s1. The van der Waals surface area contributed by atoms with Gasteiger partial charge in [-0.15, -0.1) is 0 Å². The molecule has 0 radical (unpaired) electrons. The fourth-order valence-corrected chi connectivity index (χ4v) is 4.89. The predicted octanol–water partition coefficient (Wildman–Crippen LogP) is 3.43. The van der Waals surface area contributed by atoms with Gasteiger partial charge in [0.1, 0.15) is 5.60 Å². The Kier molecular flexibility index (Phi) is 3.99. The molecule has 0 N–H and O–H groups in total. The Labute approximate surface area is 151 Å². The molecule has 3 rings (SSSR count). The van der Waals surface area contributed by atoms with Crippen LogP contribution in [0.1, 0.15) is 44.5 Å². The van der Waals surface area contributed by atoms with Crippen LogP contribution in [0.15, 0.2) is 24.3 Å². The molecule has 0 unspecified atom stereocenters. The molecule has 1 aliphatic carbocycles. The first-order chi connectivity index (χ1) is 11.7. The number of halogens is 1. The third kappa shape index (κ3) is 2.05. The van der Waals surface area contributed by atoms with Crippen LogP contribution in [0.25, 0.3) is 0 Å². The van der Waals surface area contributed by atoms with Gasteiger partial charge in [0.05, 0.1) is 12.0 Å². The Morgan fingerprint density at radius 1 is 1.20 bits per heavy atom. The number of carbonyl (C=O) groups excluding carboxylic acids is 3. The average Bonchev–Trinajstić information content (AvgIpc) is 3.15. The molecule has 134 valence electrons. The lowest BCUT2D eigenvalue weighted by molar-refractivity contribution is -0.166. The molecule has 25 heavy (non-hydrogen) atoms. The maximum absolute atomic E-state index is 13.4. The molecule has 2 aliphatic rings. The minimum atomic E-state index is -1.56. The highest BCUT2D eigenvalue weighted by Gasteiger charge is 2.95. The van der Waals surface area contributed by atoms with E-state index in [4.69, 9.17) is 21.1 Å². The lowest BCUT2D eigenvalue weighted by Crippen LogP contribution is -2.40. The van der Waals surface area contributed by atoms with E-state index in [0.717, 1.165) is 0 Å². The van der Waals surface area contributed by atoms with Crippen molar-refractivity contribution < 1.29 is 23.9 Å². The summed E-state index contributed by atoms with van der Waals surface area (Å²) in [6.07, 6.45) is 0.344. The van der Waals surface area contributed by atoms with Gasteiger partial charge in [-0.05, 0) is 51.5 Å². The van der Waals surface area contributed by atoms with E-state index >= 15 is 0 Å². The Hall–Kier alpha value is -1.88. The largest absolute Gasteiger partial charge is 0.465 e. The number of benzene rings is 1. The number of cyclic esters (lactones) is 1. The van der Waals surface area contributed by atoms with Crippen LogP contribution in [-0.2, 0) is 19.1 Å². The van der Waals surface area contributed by atoms with Gasteiger partial charge in [-0.1, -0.05) is 18.5 Å². The Morgan fingerprint density at radius 2 is 1.80 bits per heavy atom. The summed E-state index contributed by atoms with van der Waals surface area (Å²) >= 11 is 5.90. The van der Waals surface area contributed by atoms with E-state index < -0.39 is 34.3 Å². The van der Waals surface area contributed by atoms with Crippen molar-refractivity contribution in [2.45, 2.75) is 39.7 Å². The molecule has 1 heterocycles. The maximum Gasteiger partial charge on any atom is 0.325 e. The summed E-state index contributed by atoms with van der Waals surface area (Å²) in [5.41, 5.74) is -3.20. The van der Waals surface area contributed by atoms with Gasteiger partial charge in [0, 0.05) is 16.5 Å². The van der Waals surface area contributed by atoms with Crippen molar-refractivity contribution in [3.8, 4) is 0 Å². The summed E-state index contributed by atoms with van der Waals surface area (Å²) in [6, 6.07) is 6.48. The van der Waals surface area contributed by atoms with Gasteiger partial charge in [-0.2, -0.15) is 0 Å². The van der Waals surface area contributed by atoms with Crippen LogP contribution in [0.2, 0.25) is 5.02 Å². The summed E-state index contributed by atoms with van der Waals surface area (Å²) in [5.74, 6) is -2.12. The van der Waals surface area contributed by atoms with Crippen molar-refractivity contribution in [1.82, 2.24) is 0 Å². The zero-order chi connectivity index (χ0) is 18.6.